The minimum absolute atomic E-state index is 0.127. The van der Waals surface area contributed by atoms with E-state index in [1.54, 1.807) is 18.5 Å². The zero-order chi connectivity index (χ0) is 18.6. The highest BCUT2D eigenvalue weighted by Gasteiger charge is 2.15. The molecule has 0 spiro atoms. The fourth-order valence-electron chi connectivity index (χ4n) is 2.83. The standard InChI is InChI=1S/C17H24N6O2S/c1-22-8-10-23(11-9-22)17-12-16(20-13-21-17)19-7-6-14-2-4-15(5-3-14)26(18,24)25/h2-5,12-13H,6-11H2,1H3,(H2,18,24,25)(H,19,20,21). The lowest BCUT2D eigenvalue weighted by Crippen LogP contribution is -2.44. The third kappa shape index (κ3) is 4.90. The number of hydrogen-bond acceptors (Lipinski definition) is 7. The summed E-state index contributed by atoms with van der Waals surface area (Å²) in [7, 11) is -1.52. The van der Waals surface area contributed by atoms with Crippen molar-refractivity contribution in [1.82, 2.24) is 14.9 Å². The fourth-order valence-corrected chi connectivity index (χ4v) is 3.35. The van der Waals surface area contributed by atoms with E-state index in [1.807, 2.05) is 6.07 Å². The largest absolute Gasteiger partial charge is 0.370 e. The summed E-state index contributed by atoms with van der Waals surface area (Å²) >= 11 is 0. The summed E-state index contributed by atoms with van der Waals surface area (Å²) in [6.07, 6.45) is 2.33. The molecule has 0 atom stereocenters. The van der Waals surface area contributed by atoms with Gasteiger partial charge in [0.05, 0.1) is 4.90 Å². The van der Waals surface area contributed by atoms with Crippen LogP contribution in [0.5, 0.6) is 0 Å². The average Bonchev–Trinajstić information content (AvgIpc) is 2.62. The van der Waals surface area contributed by atoms with Crippen molar-refractivity contribution in [2.45, 2.75) is 11.3 Å². The number of anilines is 2. The number of rotatable bonds is 6. The van der Waals surface area contributed by atoms with E-state index in [0.717, 1.165) is 49.8 Å². The van der Waals surface area contributed by atoms with Gasteiger partial charge < -0.3 is 15.1 Å². The van der Waals surface area contributed by atoms with Crippen molar-refractivity contribution in [3.05, 3.63) is 42.2 Å². The maximum Gasteiger partial charge on any atom is 0.238 e. The van der Waals surface area contributed by atoms with Crippen LogP contribution in [-0.2, 0) is 16.4 Å². The molecule has 0 unspecified atom stereocenters. The van der Waals surface area contributed by atoms with Gasteiger partial charge in [-0.15, -0.1) is 0 Å². The molecule has 0 radical (unpaired) electrons. The molecular formula is C17H24N6O2S. The summed E-state index contributed by atoms with van der Waals surface area (Å²) in [5.74, 6) is 1.73. The number of primary sulfonamides is 1. The summed E-state index contributed by atoms with van der Waals surface area (Å²) in [4.78, 5) is 13.3. The number of hydrogen-bond donors (Lipinski definition) is 2. The molecule has 140 valence electrons. The minimum Gasteiger partial charge on any atom is -0.370 e. The predicted octanol–water partition coefficient (Wildman–Crippen LogP) is 0.530. The molecule has 1 fully saturated rings. The highest BCUT2D eigenvalue weighted by atomic mass is 32.2. The molecule has 0 aliphatic carbocycles. The first-order valence-electron chi connectivity index (χ1n) is 8.53. The zero-order valence-electron chi connectivity index (χ0n) is 14.8. The predicted molar refractivity (Wildman–Crippen MR) is 102 cm³/mol. The van der Waals surface area contributed by atoms with Crippen molar-refractivity contribution in [3.63, 3.8) is 0 Å². The van der Waals surface area contributed by atoms with Crippen LogP contribution < -0.4 is 15.4 Å². The Labute approximate surface area is 154 Å². The summed E-state index contributed by atoms with van der Waals surface area (Å²) in [6, 6.07) is 8.57. The lowest BCUT2D eigenvalue weighted by molar-refractivity contribution is 0.312. The van der Waals surface area contributed by atoms with Crippen LogP contribution in [0.15, 0.2) is 41.6 Å². The molecule has 1 aromatic heterocycles. The Balaban J connectivity index is 1.54. The number of likely N-dealkylation sites (N-methyl/N-ethyl adjacent to an activating group) is 1. The molecule has 0 amide bonds. The Morgan fingerprint density at radius 3 is 2.46 bits per heavy atom. The normalized spacial score (nSPS) is 15.8. The van der Waals surface area contributed by atoms with Gasteiger partial charge in [-0.05, 0) is 31.2 Å². The molecule has 2 aromatic rings. The van der Waals surface area contributed by atoms with Gasteiger partial charge in [0.2, 0.25) is 10.0 Å². The smallest absolute Gasteiger partial charge is 0.238 e. The third-order valence-electron chi connectivity index (χ3n) is 4.45. The molecule has 3 rings (SSSR count). The van der Waals surface area contributed by atoms with E-state index in [0.29, 0.717) is 6.54 Å². The van der Waals surface area contributed by atoms with Crippen molar-refractivity contribution >= 4 is 21.7 Å². The van der Waals surface area contributed by atoms with Gasteiger partial charge in [-0.2, -0.15) is 0 Å². The average molecular weight is 376 g/mol. The number of nitrogens with zero attached hydrogens (tertiary/aromatic N) is 4. The van der Waals surface area contributed by atoms with Crippen LogP contribution in [0, 0.1) is 0 Å². The van der Waals surface area contributed by atoms with E-state index in [4.69, 9.17) is 5.14 Å². The molecule has 1 aliphatic heterocycles. The van der Waals surface area contributed by atoms with Gasteiger partial charge >= 0.3 is 0 Å². The van der Waals surface area contributed by atoms with Gasteiger partial charge in [-0.1, -0.05) is 12.1 Å². The number of aromatic nitrogens is 2. The first-order chi connectivity index (χ1) is 12.4. The van der Waals surface area contributed by atoms with Crippen molar-refractivity contribution in [3.8, 4) is 0 Å². The maximum absolute atomic E-state index is 11.3. The molecular weight excluding hydrogens is 352 g/mol. The van der Waals surface area contributed by atoms with Gasteiger partial charge in [0.15, 0.2) is 0 Å². The Kier molecular flexibility index (Phi) is 5.70. The van der Waals surface area contributed by atoms with Crippen molar-refractivity contribution < 1.29 is 8.42 Å². The minimum atomic E-state index is -3.64. The van der Waals surface area contributed by atoms with Crippen molar-refractivity contribution in [2.24, 2.45) is 5.14 Å². The van der Waals surface area contributed by atoms with Gasteiger partial charge in [0.25, 0.3) is 0 Å². The van der Waals surface area contributed by atoms with E-state index < -0.39 is 10.0 Å². The molecule has 0 bridgehead atoms. The topological polar surface area (TPSA) is 104 Å². The second-order valence-electron chi connectivity index (χ2n) is 6.42. The summed E-state index contributed by atoms with van der Waals surface area (Å²) in [6.45, 7) is 4.67. The molecule has 9 heteroatoms. The summed E-state index contributed by atoms with van der Waals surface area (Å²) in [5, 5.41) is 8.40. The first-order valence-corrected chi connectivity index (χ1v) is 10.1. The number of nitrogens with one attached hydrogen (secondary N) is 1. The van der Waals surface area contributed by atoms with Gasteiger partial charge in [-0.3, -0.25) is 0 Å². The molecule has 26 heavy (non-hydrogen) atoms. The molecule has 8 nitrogen and oxygen atoms in total. The van der Waals surface area contributed by atoms with Crippen LogP contribution in [0.2, 0.25) is 0 Å². The van der Waals surface area contributed by atoms with Crippen LogP contribution in [0.1, 0.15) is 5.56 Å². The van der Waals surface area contributed by atoms with E-state index in [2.05, 4.69) is 32.1 Å². The lowest BCUT2D eigenvalue weighted by Gasteiger charge is -2.33. The van der Waals surface area contributed by atoms with E-state index in [1.165, 1.54) is 12.1 Å². The van der Waals surface area contributed by atoms with E-state index in [-0.39, 0.29) is 4.90 Å². The Morgan fingerprint density at radius 1 is 1.12 bits per heavy atom. The summed E-state index contributed by atoms with van der Waals surface area (Å²) in [5.41, 5.74) is 1.03. The van der Waals surface area contributed by atoms with Crippen LogP contribution in [0.25, 0.3) is 0 Å². The second-order valence-corrected chi connectivity index (χ2v) is 7.98. The van der Waals surface area contributed by atoms with Crippen molar-refractivity contribution in [1.29, 1.82) is 0 Å². The fraction of sp³-hybridized carbons (Fsp3) is 0.412. The Hall–Kier alpha value is -2.23. The lowest BCUT2D eigenvalue weighted by atomic mass is 10.1. The summed E-state index contributed by atoms with van der Waals surface area (Å²) < 4.78 is 22.5. The monoisotopic (exact) mass is 376 g/mol. The number of piperazine rings is 1. The number of benzene rings is 1. The Morgan fingerprint density at radius 2 is 1.81 bits per heavy atom. The molecule has 3 N–H and O–H groups in total. The molecule has 2 heterocycles. The van der Waals surface area contributed by atoms with Gasteiger partial charge in [-0.25, -0.2) is 23.5 Å². The van der Waals surface area contributed by atoms with Crippen LogP contribution in [0.4, 0.5) is 11.6 Å². The highest BCUT2D eigenvalue weighted by Crippen LogP contribution is 2.16. The van der Waals surface area contributed by atoms with E-state index in [9.17, 15) is 8.42 Å². The third-order valence-corrected chi connectivity index (χ3v) is 5.38. The van der Waals surface area contributed by atoms with Crippen LogP contribution >= 0.6 is 0 Å². The van der Waals surface area contributed by atoms with E-state index >= 15 is 0 Å². The van der Waals surface area contributed by atoms with Gasteiger partial charge in [0, 0.05) is 38.8 Å². The molecule has 1 aromatic carbocycles. The quantitative estimate of drug-likeness (QED) is 0.758. The highest BCUT2D eigenvalue weighted by molar-refractivity contribution is 7.89. The molecule has 1 saturated heterocycles. The zero-order valence-corrected chi connectivity index (χ0v) is 15.6. The number of sulfonamides is 1. The van der Waals surface area contributed by atoms with Crippen molar-refractivity contribution in [2.75, 3.05) is 50.0 Å². The Bertz CT molecular complexity index is 833. The maximum atomic E-state index is 11.3. The first kappa shape index (κ1) is 18.6. The second kappa shape index (κ2) is 7.98. The van der Waals surface area contributed by atoms with Crippen LogP contribution in [-0.4, -0.2) is 63.1 Å². The number of nitrogens with two attached hydrogens (primary N) is 1. The molecule has 1 aliphatic rings. The van der Waals surface area contributed by atoms with Crippen LogP contribution in [0.3, 0.4) is 0 Å². The SMILES string of the molecule is CN1CCN(c2cc(NCCc3ccc(S(N)(=O)=O)cc3)ncn2)CC1. The molecule has 0 saturated carbocycles. The van der Waals surface area contributed by atoms with Gasteiger partial charge in [0.1, 0.15) is 18.0 Å².